The summed E-state index contributed by atoms with van der Waals surface area (Å²) in [7, 11) is 3.57. The van der Waals surface area contributed by atoms with Crippen LogP contribution in [0.3, 0.4) is 0 Å². The first-order valence-electron chi connectivity index (χ1n) is 4.02. The van der Waals surface area contributed by atoms with E-state index in [9.17, 15) is 0 Å². The summed E-state index contributed by atoms with van der Waals surface area (Å²) in [6.07, 6.45) is 0. The van der Waals surface area contributed by atoms with Crippen molar-refractivity contribution in [3.63, 3.8) is 0 Å². The highest BCUT2D eigenvalue weighted by Crippen LogP contribution is 2.16. The van der Waals surface area contributed by atoms with Gasteiger partial charge in [-0.25, -0.2) is 0 Å². The number of halogens is 1. The molecule has 4 heteroatoms. The van der Waals surface area contributed by atoms with Crippen LogP contribution in [-0.2, 0) is 0 Å². The number of benzene rings is 1. The van der Waals surface area contributed by atoms with Crippen molar-refractivity contribution >= 4 is 21.8 Å². The topological polar surface area (TPSA) is 50.9 Å². The lowest BCUT2D eigenvalue weighted by Crippen LogP contribution is -2.22. The molecule has 1 aromatic carbocycles. The minimum absolute atomic E-state index is 0.342. The van der Waals surface area contributed by atoms with Crippen LogP contribution in [0.25, 0.3) is 0 Å². The van der Waals surface area contributed by atoms with Crippen LogP contribution < -0.4 is 0 Å². The molecule has 0 aliphatic heterocycles. The number of hydrogen-bond donors (Lipinski definition) is 1. The molecule has 0 amide bonds. The molecule has 0 spiro atoms. The summed E-state index contributed by atoms with van der Waals surface area (Å²) in [6, 6.07) is 7.39. The summed E-state index contributed by atoms with van der Waals surface area (Å²) < 4.78 is 0.851. The first-order valence-corrected chi connectivity index (χ1v) is 4.81. The predicted molar refractivity (Wildman–Crippen MR) is 59.4 cm³/mol. The van der Waals surface area contributed by atoms with Crippen molar-refractivity contribution in [3.05, 3.63) is 33.8 Å². The molecule has 0 saturated heterocycles. The van der Waals surface area contributed by atoms with Crippen molar-refractivity contribution in [2.75, 3.05) is 14.1 Å². The van der Waals surface area contributed by atoms with Crippen LogP contribution in [0, 0.1) is 16.7 Å². The lowest BCUT2D eigenvalue weighted by Gasteiger charge is -2.14. The maximum Gasteiger partial charge on any atom is 0.128 e. The Labute approximate surface area is 91.6 Å². The summed E-state index contributed by atoms with van der Waals surface area (Å²) in [5, 5.41) is 16.6. The van der Waals surface area contributed by atoms with Gasteiger partial charge in [0, 0.05) is 24.1 Å². The van der Waals surface area contributed by atoms with E-state index in [2.05, 4.69) is 22.0 Å². The molecule has 0 aromatic heterocycles. The van der Waals surface area contributed by atoms with Gasteiger partial charge in [-0.2, -0.15) is 5.26 Å². The van der Waals surface area contributed by atoms with Gasteiger partial charge in [-0.15, -0.1) is 0 Å². The van der Waals surface area contributed by atoms with Crippen molar-refractivity contribution in [1.29, 1.82) is 10.7 Å². The monoisotopic (exact) mass is 251 g/mol. The predicted octanol–water partition coefficient (Wildman–Crippen LogP) is 2.21. The van der Waals surface area contributed by atoms with E-state index < -0.39 is 0 Å². The Kier molecular flexibility index (Phi) is 3.26. The number of nitriles is 1. The van der Waals surface area contributed by atoms with E-state index in [1.807, 2.05) is 6.07 Å². The summed E-state index contributed by atoms with van der Waals surface area (Å²) in [4.78, 5) is 1.67. The molecular formula is C10H10BrN3. The number of rotatable bonds is 1. The molecule has 0 bridgehead atoms. The fourth-order valence-electron chi connectivity index (χ4n) is 1.06. The highest BCUT2D eigenvalue weighted by Gasteiger charge is 2.09. The maximum absolute atomic E-state index is 8.89. The summed E-state index contributed by atoms with van der Waals surface area (Å²) >= 11 is 3.29. The fourth-order valence-corrected chi connectivity index (χ4v) is 1.42. The minimum Gasteiger partial charge on any atom is -0.363 e. The van der Waals surface area contributed by atoms with Crippen molar-refractivity contribution in [2.45, 2.75) is 0 Å². The van der Waals surface area contributed by atoms with E-state index in [1.165, 1.54) is 0 Å². The molecule has 0 unspecified atom stereocenters. The summed E-state index contributed by atoms with van der Waals surface area (Å²) in [6.45, 7) is 0. The maximum atomic E-state index is 8.89. The zero-order chi connectivity index (χ0) is 10.7. The number of nitrogens with zero attached hydrogens (tertiary/aromatic N) is 2. The van der Waals surface area contributed by atoms with Gasteiger partial charge in [0.15, 0.2) is 0 Å². The van der Waals surface area contributed by atoms with Crippen molar-refractivity contribution < 1.29 is 0 Å². The van der Waals surface area contributed by atoms with Crippen LogP contribution in [0.5, 0.6) is 0 Å². The standard InChI is InChI=1S/C10H10BrN3/c1-14(2)10(13)9-4-3-8(11)5-7(9)6-12/h3-5,13H,1-2H3. The average Bonchev–Trinajstić information content (AvgIpc) is 2.16. The molecule has 0 atom stereocenters. The second-order valence-corrected chi connectivity index (χ2v) is 3.96. The normalized spacial score (nSPS) is 9.29. The Morgan fingerprint density at radius 2 is 2.14 bits per heavy atom. The van der Waals surface area contributed by atoms with Gasteiger partial charge < -0.3 is 4.90 Å². The molecule has 0 saturated carbocycles. The van der Waals surface area contributed by atoms with Gasteiger partial charge in [0.05, 0.1) is 11.6 Å². The summed E-state index contributed by atoms with van der Waals surface area (Å²) in [5.74, 6) is 0.342. The largest absolute Gasteiger partial charge is 0.363 e. The van der Waals surface area contributed by atoms with E-state index in [4.69, 9.17) is 10.7 Å². The highest BCUT2D eigenvalue weighted by atomic mass is 79.9. The molecule has 72 valence electrons. The molecule has 14 heavy (non-hydrogen) atoms. The molecule has 0 radical (unpaired) electrons. The Hall–Kier alpha value is -1.34. The Morgan fingerprint density at radius 1 is 1.50 bits per heavy atom. The van der Waals surface area contributed by atoms with Gasteiger partial charge in [-0.1, -0.05) is 15.9 Å². The van der Waals surface area contributed by atoms with Crippen LogP contribution in [0.2, 0.25) is 0 Å². The van der Waals surface area contributed by atoms with Gasteiger partial charge >= 0.3 is 0 Å². The number of nitrogens with one attached hydrogen (secondary N) is 1. The first kappa shape index (κ1) is 10.7. The Balaban J connectivity index is 3.23. The van der Waals surface area contributed by atoms with Gasteiger partial charge in [-0.3, -0.25) is 5.41 Å². The molecular weight excluding hydrogens is 242 g/mol. The summed E-state index contributed by atoms with van der Waals surface area (Å²) in [5.41, 5.74) is 1.17. The fraction of sp³-hybridized carbons (Fsp3) is 0.200. The molecule has 0 fully saturated rings. The van der Waals surface area contributed by atoms with E-state index >= 15 is 0 Å². The van der Waals surface area contributed by atoms with Gasteiger partial charge in [-0.05, 0) is 18.2 Å². The lowest BCUT2D eigenvalue weighted by molar-refractivity contribution is 0.619. The molecule has 0 heterocycles. The third-order valence-electron chi connectivity index (χ3n) is 1.80. The smallest absolute Gasteiger partial charge is 0.128 e. The molecule has 3 nitrogen and oxygen atoms in total. The highest BCUT2D eigenvalue weighted by molar-refractivity contribution is 9.10. The van der Waals surface area contributed by atoms with E-state index in [0.29, 0.717) is 17.0 Å². The average molecular weight is 252 g/mol. The van der Waals surface area contributed by atoms with E-state index in [1.54, 1.807) is 31.1 Å². The second-order valence-electron chi connectivity index (χ2n) is 3.04. The van der Waals surface area contributed by atoms with Crippen molar-refractivity contribution in [1.82, 2.24) is 4.90 Å². The first-order chi connectivity index (χ1) is 6.56. The van der Waals surface area contributed by atoms with Crippen LogP contribution in [0.15, 0.2) is 22.7 Å². The quantitative estimate of drug-likeness (QED) is 0.615. The van der Waals surface area contributed by atoms with Crippen LogP contribution in [-0.4, -0.2) is 24.8 Å². The minimum atomic E-state index is 0.342. The molecule has 1 rings (SSSR count). The van der Waals surface area contributed by atoms with E-state index in [0.717, 1.165) is 4.47 Å². The van der Waals surface area contributed by atoms with Crippen molar-refractivity contribution in [2.24, 2.45) is 0 Å². The molecule has 1 aromatic rings. The van der Waals surface area contributed by atoms with Crippen LogP contribution in [0.4, 0.5) is 0 Å². The SMILES string of the molecule is CN(C)C(=N)c1ccc(Br)cc1C#N. The van der Waals surface area contributed by atoms with Gasteiger partial charge in [0.1, 0.15) is 5.84 Å². The molecule has 0 aliphatic carbocycles. The number of amidine groups is 1. The Bertz CT molecular complexity index is 404. The zero-order valence-corrected chi connectivity index (χ0v) is 9.59. The van der Waals surface area contributed by atoms with Gasteiger partial charge in [0.2, 0.25) is 0 Å². The molecule has 0 aliphatic rings. The van der Waals surface area contributed by atoms with Crippen molar-refractivity contribution in [3.8, 4) is 6.07 Å². The van der Waals surface area contributed by atoms with Crippen LogP contribution >= 0.6 is 15.9 Å². The Morgan fingerprint density at radius 3 is 2.64 bits per heavy atom. The second kappa shape index (κ2) is 4.25. The van der Waals surface area contributed by atoms with Gasteiger partial charge in [0.25, 0.3) is 0 Å². The lowest BCUT2D eigenvalue weighted by atomic mass is 10.1. The van der Waals surface area contributed by atoms with Crippen LogP contribution in [0.1, 0.15) is 11.1 Å². The third kappa shape index (κ3) is 2.12. The third-order valence-corrected chi connectivity index (χ3v) is 2.30. The number of hydrogen-bond acceptors (Lipinski definition) is 2. The zero-order valence-electron chi connectivity index (χ0n) is 8.00. The van der Waals surface area contributed by atoms with E-state index in [-0.39, 0.29) is 0 Å². The molecule has 1 N–H and O–H groups in total.